The smallest absolute Gasteiger partial charge is 0.323 e. The van der Waals surface area contributed by atoms with Gasteiger partial charge in [-0.05, 0) is 17.7 Å². The second kappa shape index (κ2) is 5.44. The first-order chi connectivity index (χ1) is 7.80. The molecule has 0 fully saturated rings. The van der Waals surface area contributed by atoms with Crippen LogP contribution in [0.25, 0.3) is 0 Å². The number of halogens is 6. The highest BCUT2D eigenvalue weighted by Crippen LogP contribution is 2.43. The predicted molar refractivity (Wildman–Crippen MR) is 60.6 cm³/mol. The molecular weight excluding hydrogens is 327 g/mol. The van der Waals surface area contributed by atoms with Crippen LogP contribution in [-0.4, -0.2) is 19.5 Å². The van der Waals surface area contributed by atoms with Gasteiger partial charge in [0.25, 0.3) is 0 Å². The molecule has 0 heterocycles. The van der Waals surface area contributed by atoms with Gasteiger partial charge >= 0.3 is 12.3 Å². The van der Waals surface area contributed by atoms with Crippen molar-refractivity contribution < 1.29 is 22.3 Å². The summed E-state index contributed by atoms with van der Waals surface area (Å²) in [5.74, 6) is -3.88. The first-order valence-electron chi connectivity index (χ1n) is 4.44. The Balaban J connectivity index is 3.05. The number of alkyl halides is 5. The molecule has 7 heteroatoms. The van der Waals surface area contributed by atoms with Crippen molar-refractivity contribution in [2.45, 2.75) is 17.2 Å². The van der Waals surface area contributed by atoms with E-state index in [9.17, 15) is 17.6 Å². The minimum Gasteiger partial charge on any atom is -0.495 e. The number of benzene rings is 1. The molecule has 0 amide bonds. The fourth-order valence-electron chi connectivity index (χ4n) is 1.17. The average molecular weight is 336 g/mol. The van der Waals surface area contributed by atoms with Crippen molar-refractivity contribution in [2.75, 3.05) is 7.11 Å². The van der Waals surface area contributed by atoms with Crippen LogP contribution in [0.1, 0.15) is 10.4 Å². The number of hydrogen-bond donors (Lipinski definition) is 0. The van der Waals surface area contributed by atoms with Crippen LogP contribution in [0.2, 0.25) is 5.02 Å². The van der Waals surface area contributed by atoms with E-state index in [1.165, 1.54) is 19.2 Å². The monoisotopic (exact) mass is 334 g/mol. The van der Waals surface area contributed by atoms with Crippen molar-refractivity contribution >= 4 is 27.5 Å². The highest BCUT2D eigenvalue weighted by atomic mass is 79.9. The summed E-state index contributed by atoms with van der Waals surface area (Å²) in [5.41, 5.74) is -0.0406. The van der Waals surface area contributed by atoms with Crippen LogP contribution in [0.5, 0.6) is 5.75 Å². The zero-order valence-corrected chi connectivity index (χ0v) is 10.9. The van der Waals surface area contributed by atoms with Crippen molar-refractivity contribution in [3.8, 4) is 5.75 Å². The van der Waals surface area contributed by atoms with Gasteiger partial charge in [-0.3, -0.25) is 0 Å². The Morgan fingerprint density at radius 2 is 1.94 bits per heavy atom. The summed E-state index contributed by atoms with van der Waals surface area (Å²) < 4.78 is 55.3. The molecule has 17 heavy (non-hydrogen) atoms. The van der Waals surface area contributed by atoms with Crippen LogP contribution in [-0.2, 0) is 0 Å². The number of ether oxygens (including phenoxy) is 1. The normalized spacial score (nSPS) is 13.9. The van der Waals surface area contributed by atoms with Crippen LogP contribution < -0.4 is 4.74 Å². The molecular formula is C10H8BrClF4O. The van der Waals surface area contributed by atoms with Gasteiger partial charge in [0.2, 0.25) is 0 Å². The lowest BCUT2D eigenvalue weighted by Crippen LogP contribution is -2.31. The molecule has 96 valence electrons. The maximum absolute atomic E-state index is 13.1. The summed E-state index contributed by atoms with van der Waals surface area (Å²) in [6, 6.07) is 3.75. The molecule has 0 radical (unpaired) electrons. The van der Waals surface area contributed by atoms with Crippen LogP contribution in [0.3, 0.4) is 0 Å². The summed E-state index contributed by atoms with van der Waals surface area (Å²) in [6.45, 7) is 0. The Labute approximate surface area is 109 Å². The standard InChI is InChI=1S/C10H8BrClF4O/c1-17-7-3-2-5(4-6(7)12)8(11)10(15,16)9(13)14/h2-4,8-9H,1H3. The zero-order chi connectivity index (χ0) is 13.2. The molecule has 0 N–H and O–H groups in total. The molecule has 1 atom stereocenters. The second-order valence-corrected chi connectivity index (χ2v) is 4.55. The van der Waals surface area contributed by atoms with Gasteiger partial charge in [0.05, 0.1) is 12.1 Å². The van der Waals surface area contributed by atoms with Gasteiger partial charge in [0, 0.05) is 0 Å². The third-order valence-electron chi connectivity index (χ3n) is 2.10. The lowest BCUT2D eigenvalue weighted by atomic mass is 10.1. The minimum atomic E-state index is -4.17. The minimum absolute atomic E-state index is 0.0406. The van der Waals surface area contributed by atoms with Crippen molar-refractivity contribution in [2.24, 2.45) is 0 Å². The number of methoxy groups -OCH3 is 1. The van der Waals surface area contributed by atoms with Gasteiger partial charge in [-0.2, -0.15) is 8.78 Å². The zero-order valence-electron chi connectivity index (χ0n) is 8.56. The van der Waals surface area contributed by atoms with Crippen LogP contribution in [0, 0.1) is 0 Å². The molecule has 0 aliphatic heterocycles. The Morgan fingerprint density at radius 3 is 2.35 bits per heavy atom. The van der Waals surface area contributed by atoms with E-state index in [0.29, 0.717) is 0 Å². The lowest BCUT2D eigenvalue weighted by Gasteiger charge is -2.22. The summed E-state index contributed by atoms with van der Waals surface area (Å²) in [6.07, 6.45) is -3.76. The summed E-state index contributed by atoms with van der Waals surface area (Å²) in [7, 11) is 1.36. The maximum atomic E-state index is 13.1. The van der Waals surface area contributed by atoms with E-state index in [1.54, 1.807) is 0 Å². The summed E-state index contributed by atoms with van der Waals surface area (Å²) >= 11 is 8.28. The molecule has 0 saturated carbocycles. The highest BCUT2D eigenvalue weighted by molar-refractivity contribution is 9.09. The molecule has 0 aliphatic rings. The second-order valence-electron chi connectivity index (χ2n) is 3.23. The van der Waals surface area contributed by atoms with Gasteiger partial charge in [-0.15, -0.1) is 0 Å². The molecule has 1 rings (SSSR count). The maximum Gasteiger partial charge on any atom is 0.323 e. The first-order valence-corrected chi connectivity index (χ1v) is 5.73. The largest absolute Gasteiger partial charge is 0.495 e. The van der Waals surface area contributed by atoms with E-state index in [-0.39, 0.29) is 16.3 Å². The Hall–Kier alpha value is -0.490. The van der Waals surface area contributed by atoms with Crippen molar-refractivity contribution in [1.82, 2.24) is 0 Å². The van der Waals surface area contributed by atoms with E-state index in [4.69, 9.17) is 16.3 Å². The van der Waals surface area contributed by atoms with Crippen LogP contribution in [0.15, 0.2) is 18.2 Å². The van der Waals surface area contributed by atoms with Crippen molar-refractivity contribution in [1.29, 1.82) is 0 Å². The number of rotatable bonds is 4. The molecule has 1 nitrogen and oxygen atoms in total. The van der Waals surface area contributed by atoms with Crippen LogP contribution in [0.4, 0.5) is 17.6 Å². The summed E-state index contributed by atoms with van der Waals surface area (Å²) in [4.78, 5) is -1.81. The molecule has 1 aromatic carbocycles. The van der Waals surface area contributed by atoms with Gasteiger partial charge < -0.3 is 4.74 Å². The van der Waals surface area contributed by atoms with Gasteiger partial charge in [-0.1, -0.05) is 33.6 Å². The van der Waals surface area contributed by atoms with E-state index in [2.05, 4.69) is 15.9 Å². The van der Waals surface area contributed by atoms with E-state index >= 15 is 0 Å². The van der Waals surface area contributed by atoms with E-state index < -0.39 is 17.2 Å². The molecule has 0 saturated heterocycles. The fourth-order valence-corrected chi connectivity index (χ4v) is 1.92. The third-order valence-corrected chi connectivity index (χ3v) is 3.53. The molecule has 1 unspecified atom stereocenters. The fraction of sp³-hybridized carbons (Fsp3) is 0.400. The predicted octanol–water partition coefficient (Wildman–Crippen LogP) is 4.69. The molecule has 0 aromatic heterocycles. The Kier molecular flexibility index (Phi) is 4.66. The first kappa shape index (κ1) is 14.6. The molecule has 0 bridgehead atoms. The Bertz CT molecular complexity index is 400. The number of hydrogen-bond acceptors (Lipinski definition) is 1. The van der Waals surface area contributed by atoms with Gasteiger partial charge in [-0.25, -0.2) is 8.78 Å². The van der Waals surface area contributed by atoms with Gasteiger partial charge in [0.15, 0.2) is 0 Å². The van der Waals surface area contributed by atoms with Crippen molar-refractivity contribution in [3.63, 3.8) is 0 Å². The van der Waals surface area contributed by atoms with E-state index in [1.807, 2.05) is 0 Å². The Morgan fingerprint density at radius 1 is 1.35 bits per heavy atom. The van der Waals surface area contributed by atoms with Gasteiger partial charge in [0.1, 0.15) is 10.6 Å². The van der Waals surface area contributed by atoms with E-state index in [0.717, 1.165) is 6.07 Å². The molecule has 0 aliphatic carbocycles. The SMILES string of the molecule is COc1ccc(C(Br)C(F)(F)C(F)F)cc1Cl. The lowest BCUT2D eigenvalue weighted by molar-refractivity contribution is -0.127. The quantitative estimate of drug-likeness (QED) is 0.573. The molecule has 1 aromatic rings. The van der Waals surface area contributed by atoms with Crippen molar-refractivity contribution in [3.05, 3.63) is 28.8 Å². The topological polar surface area (TPSA) is 9.23 Å². The molecule has 0 spiro atoms. The van der Waals surface area contributed by atoms with Crippen LogP contribution >= 0.6 is 27.5 Å². The third kappa shape index (κ3) is 3.04. The summed E-state index contributed by atoms with van der Waals surface area (Å²) in [5, 5.41) is 0.0829. The average Bonchev–Trinajstić information content (AvgIpc) is 2.27. The highest BCUT2D eigenvalue weighted by Gasteiger charge is 2.48.